The van der Waals surface area contributed by atoms with E-state index in [-0.39, 0.29) is 17.7 Å². The highest BCUT2D eigenvalue weighted by atomic mass is 79.9. The predicted octanol–water partition coefficient (Wildman–Crippen LogP) is 6.96. The van der Waals surface area contributed by atoms with Crippen LogP contribution in [0.5, 0.6) is 17.2 Å². The third-order valence-corrected chi connectivity index (χ3v) is 9.61. The predicted molar refractivity (Wildman–Crippen MR) is 187 cm³/mol. The molecule has 5 aromatic rings. The first kappa shape index (κ1) is 32.6. The summed E-state index contributed by atoms with van der Waals surface area (Å²) in [6.45, 7) is 4.00. The molecule has 4 aromatic carbocycles. The molecule has 240 valence electrons. The van der Waals surface area contributed by atoms with Gasteiger partial charge in [0.15, 0.2) is 16.3 Å². The van der Waals surface area contributed by atoms with Crippen molar-refractivity contribution in [1.82, 2.24) is 4.57 Å². The van der Waals surface area contributed by atoms with E-state index in [0.29, 0.717) is 59.5 Å². The van der Waals surface area contributed by atoms with Crippen molar-refractivity contribution < 1.29 is 23.7 Å². The van der Waals surface area contributed by atoms with Crippen molar-refractivity contribution in [2.45, 2.75) is 26.5 Å². The van der Waals surface area contributed by atoms with Gasteiger partial charge >= 0.3 is 5.97 Å². The molecule has 0 saturated heterocycles. The van der Waals surface area contributed by atoms with Crippen molar-refractivity contribution in [1.29, 1.82) is 0 Å². The van der Waals surface area contributed by atoms with Crippen LogP contribution in [0.15, 0.2) is 98.3 Å². The van der Waals surface area contributed by atoms with E-state index in [4.69, 9.17) is 35.5 Å². The van der Waals surface area contributed by atoms with Gasteiger partial charge in [0.1, 0.15) is 18.4 Å². The first-order valence-electron chi connectivity index (χ1n) is 14.7. The number of methoxy groups -OCH3 is 2. The van der Waals surface area contributed by atoms with Crippen LogP contribution in [0.4, 0.5) is 0 Å². The van der Waals surface area contributed by atoms with Crippen LogP contribution in [0.2, 0.25) is 5.02 Å². The molecule has 6 rings (SSSR count). The number of rotatable bonds is 9. The molecule has 1 aromatic heterocycles. The number of allylic oxidation sites excluding steroid dienone is 1. The normalized spacial score (nSPS) is 14.5. The molecular weight excluding hydrogens is 704 g/mol. The Morgan fingerprint density at radius 1 is 1.04 bits per heavy atom. The highest BCUT2D eigenvalue weighted by molar-refractivity contribution is 9.10. The van der Waals surface area contributed by atoms with Gasteiger partial charge in [-0.25, -0.2) is 9.79 Å². The number of carbonyl (C=O) groups is 1. The number of esters is 1. The highest BCUT2D eigenvalue weighted by Gasteiger charge is 2.36. The van der Waals surface area contributed by atoms with Crippen molar-refractivity contribution in [2.75, 3.05) is 20.8 Å². The zero-order valence-electron chi connectivity index (χ0n) is 26.0. The molecule has 11 heteroatoms. The zero-order valence-corrected chi connectivity index (χ0v) is 29.2. The number of aromatic nitrogens is 1. The van der Waals surface area contributed by atoms with Gasteiger partial charge in [-0.3, -0.25) is 9.36 Å². The van der Waals surface area contributed by atoms with E-state index in [1.54, 1.807) is 44.8 Å². The first-order valence-corrected chi connectivity index (χ1v) is 16.7. The van der Waals surface area contributed by atoms with Crippen molar-refractivity contribution in [3.8, 4) is 17.2 Å². The van der Waals surface area contributed by atoms with Crippen LogP contribution in [-0.2, 0) is 16.1 Å². The molecule has 2 heterocycles. The lowest BCUT2D eigenvalue weighted by molar-refractivity contribution is -0.139. The van der Waals surface area contributed by atoms with Crippen molar-refractivity contribution in [2.24, 2.45) is 4.99 Å². The lowest BCUT2D eigenvalue weighted by Gasteiger charge is -2.27. The maximum atomic E-state index is 14.3. The number of nitrogens with zero attached hydrogens (tertiary/aromatic N) is 2. The molecule has 0 unspecified atom stereocenters. The van der Waals surface area contributed by atoms with Crippen molar-refractivity contribution in [3.63, 3.8) is 0 Å². The van der Waals surface area contributed by atoms with Gasteiger partial charge < -0.3 is 18.9 Å². The number of thiazole rings is 1. The molecule has 1 aliphatic heterocycles. The Kier molecular flexibility index (Phi) is 9.54. The monoisotopic (exact) mass is 732 g/mol. The molecule has 0 saturated carbocycles. The van der Waals surface area contributed by atoms with Crippen molar-refractivity contribution in [3.05, 3.63) is 130 Å². The van der Waals surface area contributed by atoms with Crippen molar-refractivity contribution >= 4 is 61.7 Å². The fraction of sp³-hybridized carbons (Fsp3) is 0.194. The van der Waals surface area contributed by atoms with Crippen LogP contribution in [0.3, 0.4) is 0 Å². The van der Waals surface area contributed by atoms with Crippen LogP contribution in [0.25, 0.3) is 16.8 Å². The standard InChI is InChI=1S/C36H30BrClN2O6S/c1-5-45-35(42)30-20(2)39-36-40(32(30)31-25-9-7-6-8-23(25)12-15-27(31)43-3)34(41)29(47-36)18-22-16-26(37)33(28(17-22)44-4)46-19-21-10-13-24(38)14-11-21/h6-18,32H,5,19H2,1-4H3/b29-18-/t32-/m0/s1. The van der Waals surface area contributed by atoms with Crippen LogP contribution in [0, 0.1) is 0 Å². The Morgan fingerprint density at radius 2 is 1.79 bits per heavy atom. The third kappa shape index (κ3) is 6.33. The summed E-state index contributed by atoms with van der Waals surface area (Å²) in [5, 5.41) is 2.45. The SMILES string of the molecule is CCOC(=O)C1=C(C)N=c2s/c(=C\c3cc(Br)c(OCc4ccc(Cl)cc4)c(OC)c3)c(=O)n2[C@@H]1c1c(OC)ccc2ccccc12. The molecular formula is C36H30BrClN2O6S. The molecule has 0 spiro atoms. The summed E-state index contributed by atoms with van der Waals surface area (Å²) in [6.07, 6.45) is 1.78. The third-order valence-electron chi connectivity index (χ3n) is 7.79. The van der Waals surface area contributed by atoms with E-state index in [1.807, 2.05) is 66.7 Å². The summed E-state index contributed by atoms with van der Waals surface area (Å²) < 4.78 is 25.7. The number of halogens is 2. The lowest BCUT2D eigenvalue weighted by Crippen LogP contribution is -2.40. The molecule has 47 heavy (non-hydrogen) atoms. The Morgan fingerprint density at radius 3 is 2.51 bits per heavy atom. The summed E-state index contributed by atoms with van der Waals surface area (Å²) >= 11 is 10.9. The Labute approximate surface area is 288 Å². The summed E-state index contributed by atoms with van der Waals surface area (Å²) in [4.78, 5) is 33.0. The summed E-state index contributed by atoms with van der Waals surface area (Å²) in [6, 6.07) is 21.9. The lowest BCUT2D eigenvalue weighted by atomic mass is 9.90. The molecule has 0 fully saturated rings. The summed E-state index contributed by atoms with van der Waals surface area (Å²) in [5.74, 6) is 1.03. The second kappa shape index (κ2) is 13.8. The summed E-state index contributed by atoms with van der Waals surface area (Å²) in [7, 11) is 3.14. The molecule has 8 nitrogen and oxygen atoms in total. The van der Waals surface area contributed by atoms with Gasteiger partial charge in [-0.05, 0) is 88.1 Å². The van der Waals surface area contributed by atoms with Crippen LogP contribution < -0.4 is 29.1 Å². The van der Waals surface area contributed by atoms with Gasteiger partial charge in [0.05, 0.1) is 41.1 Å². The molecule has 0 bridgehead atoms. The van der Waals surface area contributed by atoms with Gasteiger partial charge in [-0.2, -0.15) is 0 Å². The Balaban J connectivity index is 1.49. The number of fused-ring (bicyclic) bond motifs is 2. The molecule has 0 amide bonds. The second-order valence-electron chi connectivity index (χ2n) is 10.7. The van der Waals surface area contributed by atoms with E-state index in [1.165, 1.54) is 11.3 Å². The quantitative estimate of drug-likeness (QED) is 0.152. The average molecular weight is 734 g/mol. The number of hydrogen-bond acceptors (Lipinski definition) is 8. The smallest absolute Gasteiger partial charge is 0.338 e. The van der Waals surface area contributed by atoms with Gasteiger partial charge in [0.25, 0.3) is 5.56 Å². The minimum absolute atomic E-state index is 0.176. The molecule has 0 radical (unpaired) electrons. The van der Waals surface area contributed by atoms with E-state index in [0.717, 1.165) is 16.3 Å². The summed E-state index contributed by atoms with van der Waals surface area (Å²) in [5.41, 5.74) is 2.79. The fourth-order valence-electron chi connectivity index (χ4n) is 5.65. The molecule has 0 N–H and O–H groups in total. The minimum Gasteiger partial charge on any atom is -0.496 e. The van der Waals surface area contributed by atoms with E-state index >= 15 is 0 Å². The number of ether oxygens (including phenoxy) is 4. The Hall–Kier alpha value is -4.38. The average Bonchev–Trinajstić information content (AvgIpc) is 3.37. The number of hydrogen-bond donors (Lipinski definition) is 0. The van der Waals surface area contributed by atoms with Gasteiger partial charge in [0, 0.05) is 10.6 Å². The second-order valence-corrected chi connectivity index (χ2v) is 13.0. The van der Waals surface area contributed by atoms with Crippen LogP contribution in [0.1, 0.15) is 36.6 Å². The van der Waals surface area contributed by atoms with Gasteiger partial charge in [-0.1, -0.05) is 65.4 Å². The van der Waals surface area contributed by atoms with E-state index < -0.39 is 12.0 Å². The van der Waals surface area contributed by atoms with Crippen LogP contribution in [-0.4, -0.2) is 31.4 Å². The number of carbonyl (C=O) groups excluding carboxylic acids is 1. The van der Waals surface area contributed by atoms with Gasteiger partial charge in [-0.15, -0.1) is 0 Å². The molecule has 1 aliphatic rings. The molecule has 1 atom stereocenters. The topological polar surface area (TPSA) is 88.4 Å². The highest BCUT2D eigenvalue weighted by Crippen LogP contribution is 2.41. The number of benzene rings is 4. The minimum atomic E-state index is -0.835. The first-order chi connectivity index (χ1) is 22.7. The maximum Gasteiger partial charge on any atom is 0.338 e. The van der Waals surface area contributed by atoms with E-state index in [9.17, 15) is 9.59 Å². The zero-order chi connectivity index (χ0) is 33.2. The molecule has 0 aliphatic carbocycles. The fourth-order valence-corrected chi connectivity index (χ4v) is 7.40. The largest absolute Gasteiger partial charge is 0.496 e. The Bertz CT molecular complexity index is 2230. The van der Waals surface area contributed by atoms with E-state index in [2.05, 4.69) is 15.9 Å². The van der Waals surface area contributed by atoms with Crippen LogP contribution >= 0.6 is 38.9 Å². The van der Waals surface area contributed by atoms with Gasteiger partial charge in [0.2, 0.25) is 0 Å². The maximum absolute atomic E-state index is 14.3.